The fraction of sp³-hybridized carbons (Fsp3) is 0.200. The second-order valence-electron chi connectivity index (χ2n) is 6.39. The van der Waals surface area contributed by atoms with Gasteiger partial charge in [-0.1, -0.05) is 81.4 Å². The summed E-state index contributed by atoms with van der Waals surface area (Å²) in [6.07, 6.45) is 4.73. The summed E-state index contributed by atoms with van der Waals surface area (Å²) >= 11 is 0. The third-order valence-electron chi connectivity index (χ3n) is 3.57. The first-order chi connectivity index (χ1) is 10.1. The van der Waals surface area contributed by atoms with Gasteiger partial charge in [-0.2, -0.15) is 0 Å². The third-order valence-corrected chi connectivity index (χ3v) is 6.39. The molecule has 0 saturated carbocycles. The Labute approximate surface area is 129 Å². The SMILES string of the molecule is CC(C)(C)P1C(=C\c2ccccc2)/C1=C\c1ccccc1. The molecule has 0 spiro atoms. The lowest BCUT2D eigenvalue weighted by molar-refractivity contribution is 0.796. The molecule has 0 aliphatic carbocycles. The minimum atomic E-state index is -0.144. The van der Waals surface area contributed by atoms with E-state index >= 15 is 0 Å². The zero-order chi connectivity index (χ0) is 14.9. The van der Waals surface area contributed by atoms with Crippen molar-refractivity contribution >= 4 is 20.1 Å². The summed E-state index contributed by atoms with van der Waals surface area (Å²) in [5.41, 5.74) is 2.61. The van der Waals surface area contributed by atoms with Gasteiger partial charge in [0.2, 0.25) is 0 Å². The van der Waals surface area contributed by atoms with Gasteiger partial charge in [-0.3, -0.25) is 0 Å². The maximum absolute atomic E-state index is 2.37. The number of rotatable bonds is 2. The Morgan fingerprint density at radius 2 is 1.05 bits per heavy atom. The zero-order valence-electron chi connectivity index (χ0n) is 12.9. The van der Waals surface area contributed by atoms with Gasteiger partial charge in [0.1, 0.15) is 0 Å². The van der Waals surface area contributed by atoms with Crippen molar-refractivity contribution in [1.29, 1.82) is 0 Å². The molecule has 2 aromatic rings. The summed E-state index contributed by atoms with van der Waals surface area (Å²) in [6.45, 7) is 7.05. The van der Waals surface area contributed by atoms with E-state index in [9.17, 15) is 0 Å². The van der Waals surface area contributed by atoms with Crippen molar-refractivity contribution in [1.82, 2.24) is 0 Å². The minimum Gasteiger partial charge on any atom is -0.0622 e. The number of hydrogen-bond acceptors (Lipinski definition) is 0. The summed E-state index contributed by atoms with van der Waals surface area (Å²) < 4.78 is 0. The molecule has 1 aliphatic heterocycles. The summed E-state index contributed by atoms with van der Waals surface area (Å²) in [7, 11) is -0.144. The molecule has 1 aliphatic rings. The van der Waals surface area contributed by atoms with Gasteiger partial charge in [0.25, 0.3) is 0 Å². The van der Waals surface area contributed by atoms with Crippen LogP contribution in [0.2, 0.25) is 0 Å². The summed E-state index contributed by atoms with van der Waals surface area (Å²) in [4.78, 5) is 0. The van der Waals surface area contributed by atoms with Gasteiger partial charge in [0.05, 0.1) is 0 Å². The van der Waals surface area contributed by atoms with Crippen LogP contribution < -0.4 is 0 Å². The van der Waals surface area contributed by atoms with Crippen LogP contribution in [0, 0.1) is 0 Å². The molecular weight excluding hydrogens is 271 g/mol. The smallest absolute Gasteiger partial charge is 0.00987 e. The van der Waals surface area contributed by atoms with E-state index in [0.29, 0.717) is 5.16 Å². The molecule has 0 aromatic heterocycles. The highest BCUT2D eigenvalue weighted by Gasteiger charge is 2.45. The van der Waals surface area contributed by atoms with Gasteiger partial charge < -0.3 is 0 Å². The number of benzene rings is 2. The Bertz CT molecular complexity index is 617. The Hall–Kier alpha value is -1.65. The zero-order valence-corrected chi connectivity index (χ0v) is 13.8. The second-order valence-corrected chi connectivity index (χ2v) is 9.36. The van der Waals surface area contributed by atoms with Crippen LogP contribution in [-0.2, 0) is 0 Å². The molecular formula is C20H21P. The Morgan fingerprint density at radius 3 is 1.38 bits per heavy atom. The standard InChI is InChI=1S/C20H21P/c1-20(2,3)21-18(14-16-10-6-4-7-11-16)19(21)15-17-12-8-5-9-13-17/h4-15H,1-3H3/b18-14-,19-15+. The fourth-order valence-electron chi connectivity index (χ4n) is 2.61. The van der Waals surface area contributed by atoms with Crippen molar-refractivity contribution in [3.63, 3.8) is 0 Å². The Morgan fingerprint density at radius 1 is 0.667 bits per heavy atom. The molecule has 106 valence electrons. The van der Waals surface area contributed by atoms with E-state index in [1.54, 1.807) is 10.6 Å². The normalized spacial score (nSPS) is 21.8. The number of allylic oxidation sites excluding steroid dienone is 2. The van der Waals surface area contributed by atoms with Gasteiger partial charge >= 0.3 is 0 Å². The molecule has 0 radical (unpaired) electrons. The molecule has 21 heavy (non-hydrogen) atoms. The van der Waals surface area contributed by atoms with Gasteiger partial charge in [-0.05, 0) is 47.0 Å². The molecule has 1 fully saturated rings. The maximum Gasteiger partial charge on any atom is -0.00987 e. The lowest BCUT2D eigenvalue weighted by atomic mass is 10.2. The van der Waals surface area contributed by atoms with Gasteiger partial charge in [-0.25, -0.2) is 0 Å². The highest BCUT2D eigenvalue weighted by molar-refractivity contribution is 7.79. The lowest BCUT2D eigenvalue weighted by Crippen LogP contribution is -2.03. The van der Waals surface area contributed by atoms with Gasteiger partial charge in [-0.15, -0.1) is 0 Å². The van der Waals surface area contributed by atoms with Gasteiger partial charge in [0, 0.05) is 0 Å². The lowest BCUT2D eigenvalue weighted by Gasteiger charge is -2.15. The predicted octanol–water partition coefficient (Wildman–Crippen LogP) is 6.36. The molecule has 0 amide bonds. The van der Waals surface area contributed by atoms with E-state index in [1.165, 1.54) is 11.1 Å². The molecule has 3 rings (SSSR count). The van der Waals surface area contributed by atoms with Crippen LogP contribution >= 0.6 is 7.92 Å². The Kier molecular flexibility index (Phi) is 3.83. The molecule has 1 heterocycles. The van der Waals surface area contributed by atoms with Crippen molar-refractivity contribution in [2.24, 2.45) is 0 Å². The van der Waals surface area contributed by atoms with E-state index < -0.39 is 0 Å². The predicted molar refractivity (Wildman–Crippen MR) is 95.5 cm³/mol. The molecule has 1 heteroatoms. The first-order valence-electron chi connectivity index (χ1n) is 7.40. The second kappa shape index (κ2) is 5.62. The molecule has 1 unspecified atom stereocenters. The molecule has 1 atom stereocenters. The van der Waals surface area contributed by atoms with Crippen LogP contribution in [0.25, 0.3) is 12.2 Å². The van der Waals surface area contributed by atoms with Crippen molar-refractivity contribution in [2.75, 3.05) is 0 Å². The van der Waals surface area contributed by atoms with Crippen LogP contribution in [0.4, 0.5) is 0 Å². The molecule has 0 N–H and O–H groups in total. The molecule has 2 aromatic carbocycles. The summed E-state index contributed by atoms with van der Waals surface area (Å²) in [5.74, 6) is 0. The molecule has 1 saturated heterocycles. The van der Waals surface area contributed by atoms with Crippen LogP contribution in [0.1, 0.15) is 31.9 Å². The first kappa shape index (κ1) is 14.3. The summed E-state index contributed by atoms with van der Waals surface area (Å²) in [6, 6.07) is 21.3. The van der Waals surface area contributed by atoms with Crippen molar-refractivity contribution in [3.05, 3.63) is 82.4 Å². The van der Waals surface area contributed by atoms with E-state index in [2.05, 4.69) is 93.6 Å². The first-order valence-corrected chi connectivity index (χ1v) is 8.74. The van der Waals surface area contributed by atoms with E-state index in [0.717, 1.165) is 0 Å². The highest BCUT2D eigenvalue weighted by Crippen LogP contribution is 2.81. The largest absolute Gasteiger partial charge is 0.0622 e. The molecule has 0 bridgehead atoms. The highest BCUT2D eigenvalue weighted by atomic mass is 31.1. The van der Waals surface area contributed by atoms with Crippen LogP contribution in [-0.4, -0.2) is 5.16 Å². The van der Waals surface area contributed by atoms with Crippen LogP contribution in [0.3, 0.4) is 0 Å². The number of hydrogen-bond donors (Lipinski definition) is 0. The Balaban J connectivity index is 1.96. The van der Waals surface area contributed by atoms with Crippen molar-refractivity contribution in [3.8, 4) is 0 Å². The topological polar surface area (TPSA) is 0 Å². The van der Waals surface area contributed by atoms with Gasteiger partial charge in [0.15, 0.2) is 0 Å². The molecule has 0 nitrogen and oxygen atoms in total. The maximum atomic E-state index is 2.37. The van der Waals surface area contributed by atoms with Crippen molar-refractivity contribution < 1.29 is 0 Å². The van der Waals surface area contributed by atoms with E-state index in [4.69, 9.17) is 0 Å². The average molecular weight is 292 g/mol. The van der Waals surface area contributed by atoms with E-state index in [-0.39, 0.29) is 7.92 Å². The van der Waals surface area contributed by atoms with Crippen molar-refractivity contribution in [2.45, 2.75) is 25.9 Å². The average Bonchev–Trinajstić information content (AvgIpc) is 3.13. The summed E-state index contributed by atoms with van der Waals surface area (Å²) in [5, 5.41) is 3.44. The minimum absolute atomic E-state index is 0.144. The van der Waals surface area contributed by atoms with E-state index in [1.807, 2.05) is 0 Å². The quantitative estimate of drug-likeness (QED) is 0.565. The van der Waals surface area contributed by atoms with Crippen LogP contribution in [0.15, 0.2) is 71.3 Å². The third kappa shape index (κ3) is 3.34. The fourth-order valence-corrected chi connectivity index (χ4v) is 5.27. The van der Waals surface area contributed by atoms with Crippen LogP contribution in [0.5, 0.6) is 0 Å². The monoisotopic (exact) mass is 292 g/mol.